The number of ether oxygens (including phenoxy) is 1. The van der Waals surface area contributed by atoms with E-state index in [2.05, 4.69) is 15.1 Å². The summed E-state index contributed by atoms with van der Waals surface area (Å²) in [5, 5.41) is 4.29. The van der Waals surface area contributed by atoms with Gasteiger partial charge in [-0.2, -0.15) is 0 Å². The van der Waals surface area contributed by atoms with Crippen LogP contribution < -0.4 is 10.2 Å². The second-order valence-corrected chi connectivity index (χ2v) is 8.97. The Kier molecular flexibility index (Phi) is 8.76. The monoisotopic (exact) mass is 441 g/mol. The van der Waals surface area contributed by atoms with E-state index in [1.165, 1.54) is 19.3 Å². The fraction of sp³-hybridized carbons (Fsp3) is 0.682. The smallest absolute Gasteiger partial charge is 0.407 e. The largest absolute Gasteiger partial charge is 0.450 e. The molecular formula is C22H33Cl2N3O2. The first-order chi connectivity index (χ1) is 14.1. The van der Waals surface area contributed by atoms with Gasteiger partial charge in [0, 0.05) is 32.2 Å². The van der Waals surface area contributed by atoms with Crippen molar-refractivity contribution >= 4 is 35.0 Å². The summed E-state index contributed by atoms with van der Waals surface area (Å²) in [6, 6.07) is 6.13. The van der Waals surface area contributed by atoms with Crippen LogP contribution >= 0.6 is 23.2 Å². The molecule has 0 radical (unpaired) electrons. The van der Waals surface area contributed by atoms with Gasteiger partial charge in [-0.3, -0.25) is 4.90 Å². The highest BCUT2D eigenvalue weighted by molar-refractivity contribution is 6.43. The molecule has 3 rings (SSSR count). The molecule has 1 aliphatic heterocycles. The normalized spacial score (nSPS) is 23.1. The Hall–Kier alpha value is -1.17. The number of hydrogen-bond donors (Lipinski definition) is 1. The van der Waals surface area contributed by atoms with Gasteiger partial charge < -0.3 is 15.0 Å². The molecule has 2 aliphatic rings. The van der Waals surface area contributed by atoms with E-state index in [1.54, 1.807) is 0 Å². The van der Waals surface area contributed by atoms with Gasteiger partial charge in [-0.05, 0) is 63.1 Å². The summed E-state index contributed by atoms with van der Waals surface area (Å²) in [6.07, 6.45) is 6.35. The lowest BCUT2D eigenvalue weighted by Crippen LogP contribution is -2.47. The molecule has 0 aromatic heterocycles. The third kappa shape index (κ3) is 6.66. The number of benzene rings is 1. The van der Waals surface area contributed by atoms with E-state index >= 15 is 0 Å². The molecule has 1 aromatic rings. The molecule has 0 spiro atoms. The van der Waals surface area contributed by atoms with Crippen LogP contribution in [0.3, 0.4) is 0 Å². The Balaban J connectivity index is 1.33. The number of carbonyl (C=O) groups excluding carboxylic acids is 1. The van der Waals surface area contributed by atoms with Crippen LogP contribution in [-0.4, -0.2) is 56.4 Å². The van der Waals surface area contributed by atoms with Gasteiger partial charge in [0.25, 0.3) is 0 Å². The SMILES string of the molecule is CCCOC(=O)NC1CCC(CCN2CCN(c3cccc(Cl)c3Cl)CC2)CC1. The van der Waals surface area contributed by atoms with Gasteiger partial charge in [-0.1, -0.05) is 36.2 Å². The predicted octanol–water partition coefficient (Wildman–Crippen LogP) is 5.20. The van der Waals surface area contributed by atoms with E-state index in [-0.39, 0.29) is 12.1 Å². The molecule has 1 amide bonds. The summed E-state index contributed by atoms with van der Waals surface area (Å²) in [6.45, 7) is 7.74. The highest BCUT2D eigenvalue weighted by Gasteiger charge is 2.24. The summed E-state index contributed by atoms with van der Waals surface area (Å²) in [5.74, 6) is 0.764. The third-order valence-electron chi connectivity index (χ3n) is 6.10. The lowest BCUT2D eigenvalue weighted by atomic mass is 9.84. The van der Waals surface area contributed by atoms with E-state index in [0.29, 0.717) is 16.7 Å². The molecule has 2 fully saturated rings. The lowest BCUT2D eigenvalue weighted by molar-refractivity contribution is 0.136. The first-order valence-corrected chi connectivity index (χ1v) is 11.7. The van der Waals surface area contributed by atoms with Crippen molar-refractivity contribution in [3.05, 3.63) is 28.2 Å². The first kappa shape index (κ1) is 22.5. The summed E-state index contributed by atoms with van der Waals surface area (Å²) in [4.78, 5) is 16.6. The topological polar surface area (TPSA) is 44.8 Å². The van der Waals surface area contributed by atoms with Crippen molar-refractivity contribution in [2.75, 3.05) is 44.2 Å². The second kappa shape index (κ2) is 11.3. The number of halogens is 2. The van der Waals surface area contributed by atoms with Crippen molar-refractivity contribution < 1.29 is 9.53 Å². The number of nitrogens with one attached hydrogen (secondary N) is 1. The Bertz CT molecular complexity index is 657. The molecule has 5 nitrogen and oxygen atoms in total. The highest BCUT2D eigenvalue weighted by atomic mass is 35.5. The maximum atomic E-state index is 11.7. The Morgan fingerprint density at radius 1 is 1.14 bits per heavy atom. The van der Waals surface area contributed by atoms with Crippen molar-refractivity contribution in [2.45, 2.75) is 51.5 Å². The molecule has 1 N–H and O–H groups in total. The van der Waals surface area contributed by atoms with E-state index in [9.17, 15) is 4.79 Å². The zero-order chi connectivity index (χ0) is 20.6. The lowest BCUT2D eigenvalue weighted by Gasteiger charge is -2.37. The molecule has 29 heavy (non-hydrogen) atoms. The minimum atomic E-state index is -0.257. The van der Waals surface area contributed by atoms with Crippen LogP contribution in [0, 0.1) is 5.92 Å². The first-order valence-electron chi connectivity index (χ1n) is 10.9. The molecule has 0 atom stereocenters. The van der Waals surface area contributed by atoms with Crippen LogP contribution in [0.15, 0.2) is 18.2 Å². The number of piperazine rings is 1. The fourth-order valence-electron chi connectivity index (χ4n) is 4.31. The molecule has 162 valence electrons. The van der Waals surface area contributed by atoms with Gasteiger partial charge in [0.2, 0.25) is 0 Å². The van der Waals surface area contributed by atoms with Crippen LogP contribution in [0.4, 0.5) is 10.5 Å². The quantitative estimate of drug-likeness (QED) is 0.631. The number of hydrogen-bond acceptors (Lipinski definition) is 4. The Morgan fingerprint density at radius 3 is 2.55 bits per heavy atom. The van der Waals surface area contributed by atoms with Gasteiger partial charge >= 0.3 is 6.09 Å². The summed E-state index contributed by atoms with van der Waals surface area (Å²) in [5.41, 5.74) is 1.04. The Labute approximate surface area is 184 Å². The molecule has 1 saturated heterocycles. The Morgan fingerprint density at radius 2 is 1.86 bits per heavy atom. The number of alkyl carbamates (subject to hydrolysis) is 1. The second-order valence-electron chi connectivity index (χ2n) is 8.19. The summed E-state index contributed by atoms with van der Waals surface area (Å²) in [7, 11) is 0. The number of anilines is 1. The molecule has 0 unspecified atom stereocenters. The van der Waals surface area contributed by atoms with Crippen molar-refractivity contribution in [1.82, 2.24) is 10.2 Å². The highest BCUT2D eigenvalue weighted by Crippen LogP contribution is 2.33. The van der Waals surface area contributed by atoms with Gasteiger partial charge in [0.1, 0.15) is 0 Å². The van der Waals surface area contributed by atoms with Crippen LogP contribution in [-0.2, 0) is 4.74 Å². The average Bonchev–Trinajstić information content (AvgIpc) is 2.74. The predicted molar refractivity (Wildman–Crippen MR) is 120 cm³/mol. The average molecular weight is 442 g/mol. The van der Waals surface area contributed by atoms with Gasteiger partial charge in [-0.15, -0.1) is 0 Å². The van der Waals surface area contributed by atoms with Gasteiger partial charge in [-0.25, -0.2) is 4.79 Å². The van der Waals surface area contributed by atoms with Crippen molar-refractivity contribution in [3.8, 4) is 0 Å². The number of amides is 1. The number of rotatable bonds is 7. The maximum Gasteiger partial charge on any atom is 0.407 e. The molecule has 0 bridgehead atoms. The number of nitrogens with zero attached hydrogens (tertiary/aromatic N) is 2. The molecule has 1 aromatic carbocycles. The van der Waals surface area contributed by atoms with Crippen molar-refractivity contribution in [3.63, 3.8) is 0 Å². The van der Waals surface area contributed by atoms with Crippen molar-refractivity contribution in [1.29, 1.82) is 0 Å². The zero-order valence-electron chi connectivity index (χ0n) is 17.3. The van der Waals surface area contributed by atoms with Crippen LogP contribution in [0.2, 0.25) is 10.0 Å². The van der Waals surface area contributed by atoms with E-state index in [1.807, 2.05) is 25.1 Å². The summed E-state index contributed by atoms with van der Waals surface area (Å²) < 4.78 is 5.13. The molecule has 1 heterocycles. The standard InChI is InChI=1S/C22H33Cl2N3O2/c1-2-16-29-22(28)25-18-8-6-17(7-9-18)10-11-26-12-14-27(15-13-26)20-5-3-4-19(23)21(20)24/h3-5,17-18H,2,6-16H2,1H3,(H,25,28). The minimum absolute atomic E-state index is 0.257. The van der Waals surface area contributed by atoms with Crippen LogP contribution in [0.25, 0.3) is 0 Å². The van der Waals surface area contributed by atoms with Gasteiger partial charge in [0.15, 0.2) is 0 Å². The van der Waals surface area contributed by atoms with Crippen LogP contribution in [0.1, 0.15) is 45.4 Å². The molecular weight excluding hydrogens is 409 g/mol. The van der Waals surface area contributed by atoms with E-state index in [0.717, 1.165) is 63.6 Å². The zero-order valence-corrected chi connectivity index (χ0v) is 18.9. The van der Waals surface area contributed by atoms with E-state index in [4.69, 9.17) is 27.9 Å². The number of carbonyl (C=O) groups is 1. The maximum absolute atomic E-state index is 11.7. The molecule has 1 aliphatic carbocycles. The molecule has 7 heteroatoms. The summed E-state index contributed by atoms with van der Waals surface area (Å²) >= 11 is 12.5. The third-order valence-corrected chi connectivity index (χ3v) is 6.91. The molecule has 1 saturated carbocycles. The minimum Gasteiger partial charge on any atom is -0.450 e. The fourth-order valence-corrected chi connectivity index (χ4v) is 4.73. The van der Waals surface area contributed by atoms with Crippen LogP contribution in [0.5, 0.6) is 0 Å². The van der Waals surface area contributed by atoms with Crippen molar-refractivity contribution in [2.24, 2.45) is 5.92 Å². The van der Waals surface area contributed by atoms with Gasteiger partial charge in [0.05, 0.1) is 22.3 Å². The van der Waals surface area contributed by atoms with E-state index < -0.39 is 0 Å².